The van der Waals surface area contributed by atoms with Crippen LogP contribution in [0.4, 0.5) is 0 Å². The van der Waals surface area contributed by atoms with E-state index in [-0.39, 0.29) is 29.4 Å². The third-order valence-corrected chi connectivity index (χ3v) is 6.87. The molecular formula is C24H26ClN3O4S. The third-order valence-electron chi connectivity index (χ3n) is 5.54. The maximum Gasteiger partial charge on any atom is 0.266 e. The van der Waals surface area contributed by atoms with E-state index in [4.69, 9.17) is 26.1 Å². The van der Waals surface area contributed by atoms with Crippen LogP contribution in [-0.2, 0) is 9.53 Å². The number of rotatable bonds is 5. The summed E-state index contributed by atoms with van der Waals surface area (Å²) in [5, 5.41) is 1.44. The van der Waals surface area contributed by atoms with E-state index in [0.717, 1.165) is 5.56 Å². The van der Waals surface area contributed by atoms with Crippen LogP contribution in [0.2, 0.25) is 5.02 Å². The molecule has 0 N–H and O–H groups in total. The highest BCUT2D eigenvalue weighted by Gasteiger charge is 2.26. The van der Waals surface area contributed by atoms with Gasteiger partial charge in [-0.2, -0.15) is 0 Å². The molecular weight excluding hydrogens is 462 g/mol. The Balaban J connectivity index is 1.76. The van der Waals surface area contributed by atoms with Crippen molar-refractivity contribution in [1.82, 2.24) is 14.5 Å². The fourth-order valence-corrected chi connectivity index (χ4v) is 5.07. The summed E-state index contributed by atoms with van der Waals surface area (Å²) in [6, 6.07) is 10.7. The molecule has 0 aliphatic carbocycles. The molecule has 1 saturated heterocycles. The van der Waals surface area contributed by atoms with Gasteiger partial charge in [-0.15, -0.1) is 0 Å². The first-order valence-electron chi connectivity index (χ1n) is 10.7. The summed E-state index contributed by atoms with van der Waals surface area (Å²) < 4.78 is 12.8. The number of aryl methyl sites for hydroxylation is 1. The maximum atomic E-state index is 13.6. The Kier molecular flexibility index (Phi) is 6.97. The van der Waals surface area contributed by atoms with Gasteiger partial charge in [-0.25, -0.2) is 4.98 Å². The molecule has 1 amide bonds. The van der Waals surface area contributed by atoms with Gasteiger partial charge in [0.2, 0.25) is 5.91 Å². The van der Waals surface area contributed by atoms with E-state index in [1.54, 1.807) is 30.3 Å². The summed E-state index contributed by atoms with van der Waals surface area (Å²) in [5.41, 5.74) is 1.68. The van der Waals surface area contributed by atoms with Crippen molar-refractivity contribution in [1.29, 1.82) is 0 Å². The average molecular weight is 488 g/mol. The predicted octanol–water partition coefficient (Wildman–Crippen LogP) is 4.08. The van der Waals surface area contributed by atoms with Gasteiger partial charge in [0.05, 0.1) is 41.7 Å². The van der Waals surface area contributed by atoms with Crippen LogP contribution in [0, 0.1) is 6.92 Å². The highest BCUT2D eigenvalue weighted by Crippen LogP contribution is 2.32. The summed E-state index contributed by atoms with van der Waals surface area (Å²) in [5.74, 6) is 0.586. The molecule has 2 unspecified atom stereocenters. The zero-order chi connectivity index (χ0) is 23.7. The van der Waals surface area contributed by atoms with Crippen LogP contribution in [0.15, 0.2) is 46.3 Å². The second-order valence-corrected chi connectivity index (χ2v) is 9.52. The largest absolute Gasteiger partial charge is 0.495 e. The van der Waals surface area contributed by atoms with Crippen LogP contribution in [0.1, 0.15) is 19.4 Å². The standard InChI is InChI=1S/C24H26ClN3O4S/c1-14-9-20(21(31-4)10-18(14)25)28-23(30)17-7-5-6-8-19(17)26-24(28)33-13-22(29)27-11-15(2)32-16(3)12-27/h5-10,15-16H,11-13H2,1-4H3. The number of hydrogen-bond donors (Lipinski definition) is 0. The number of amides is 1. The van der Waals surface area contributed by atoms with Crippen molar-refractivity contribution in [2.24, 2.45) is 0 Å². The van der Waals surface area contributed by atoms with E-state index in [1.165, 1.54) is 23.4 Å². The minimum absolute atomic E-state index is 0.0130. The molecule has 3 aromatic rings. The van der Waals surface area contributed by atoms with Crippen LogP contribution in [0.25, 0.3) is 16.6 Å². The van der Waals surface area contributed by atoms with Gasteiger partial charge in [0.15, 0.2) is 5.16 Å². The van der Waals surface area contributed by atoms with Gasteiger partial charge >= 0.3 is 0 Å². The lowest BCUT2D eigenvalue weighted by Gasteiger charge is -2.35. The monoisotopic (exact) mass is 487 g/mol. The van der Waals surface area contributed by atoms with Gasteiger partial charge in [-0.1, -0.05) is 35.5 Å². The lowest BCUT2D eigenvalue weighted by molar-refractivity contribution is -0.140. The van der Waals surface area contributed by atoms with Gasteiger partial charge in [-0.05, 0) is 44.5 Å². The van der Waals surface area contributed by atoms with E-state index < -0.39 is 0 Å². The quantitative estimate of drug-likeness (QED) is 0.399. The van der Waals surface area contributed by atoms with Crippen molar-refractivity contribution in [2.75, 3.05) is 26.0 Å². The molecule has 1 aromatic heterocycles. The number of nitrogens with zero attached hydrogens (tertiary/aromatic N) is 3. The molecule has 0 bridgehead atoms. The van der Waals surface area contributed by atoms with E-state index in [9.17, 15) is 9.59 Å². The molecule has 1 aliphatic heterocycles. The number of halogens is 1. The fraction of sp³-hybridized carbons (Fsp3) is 0.375. The summed E-state index contributed by atoms with van der Waals surface area (Å²) in [6.07, 6.45) is -0.0260. The summed E-state index contributed by atoms with van der Waals surface area (Å²) in [4.78, 5) is 33.1. The number of benzene rings is 2. The summed E-state index contributed by atoms with van der Waals surface area (Å²) in [7, 11) is 1.53. The number of ether oxygens (including phenoxy) is 2. The molecule has 174 valence electrons. The van der Waals surface area contributed by atoms with Gasteiger partial charge < -0.3 is 14.4 Å². The van der Waals surface area contributed by atoms with Gasteiger partial charge in [0.25, 0.3) is 5.56 Å². The van der Waals surface area contributed by atoms with E-state index >= 15 is 0 Å². The van der Waals surface area contributed by atoms with E-state index in [2.05, 4.69) is 0 Å². The highest BCUT2D eigenvalue weighted by molar-refractivity contribution is 7.99. The molecule has 1 fully saturated rings. The number of carbonyl (C=O) groups is 1. The Morgan fingerprint density at radius 1 is 1.24 bits per heavy atom. The minimum Gasteiger partial charge on any atom is -0.495 e. The van der Waals surface area contributed by atoms with Crippen molar-refractivity contribution in [3.05, 3.63) is 57.3 Å². The molecule has 0 saturated carbocycles. The van der Waals surface area contributed by atoms with E-state index in [1.807, 2.05) is 31.7 Å². The van der Waals surface area contributed by atoms with Crippen LogP contribution >= 0.6 is 23.4 Å². The SMILES string of the molecule is COc1cc(Cl)c(C)cc1-n1c(SCC(=O)N2CC(C)OC(C)C2)nc2ccccc2c1=O. The van der Waals surface area contributed by atoms with Gasteiger partial charge in [-0.3, -0.25) is 14.2 Å². The number of methoxy groups -OCH3 is 1. The van der Waals surface area contributed by atoms with Crippen molar-refractivity contribution >= 4 is 40.2 Å². The number of aromatic nitrogens is 2. The molecule has 1 aliphatic rings. The van der Waals surface area contributed by atoms with Gasteiger partial charge in [0, 0.05) is 24.2 Å². The molecule has 2 aromatic carbocycles. The van der Waals surface area contributed by atoms with E-state index in [0.29, 0.717) is 45.6 Å². The number of morpholine rings is 1. The van der Waals surface area contributed by atoms with Crippen molar-refractivity contribution in [3.63, 3.8) is 0 Å². The third kappa shape index (κ3) is 4.88. The smallest absolute Gasteiger partial charge is 0.266 e. The van der Waals surface area contributed by atoms with Gasteiger partial charge in [0.1, 0.15) is 5.75 Å². The highest BCUT2D eigenvalue weighted by atomic mass is 35.5. The number of carbonyl (C=O) groups excluding carboxylic acids is 1. The first-order chi connectivity index (χ1) is 15.8. The van der Waals surface area contributed by atoms with Crippen LogP contribution in [-0.4, -0.2) is 58.5 Å². The Labute approximate surface area is 201 Å². The number of thioether (sulfide) groups is 1. The summed E-state index contributed by atoms with van der Waals surface area (Å²) >= 11 is 7.53. The van der Waals surface area contributed by atoms with Crippen molar-refractivity contribution in [2.45, 2.75) is 38.1 Å². The van der Waals surface area contributed by atoms with Crippen LogP contribution in [0.5, 0.6) is 5.75 Å². The first-order valence-corrected chi connectivity index (χ1v) is 12.1. The lowest BCUT2D eigenvalue weighted by atomic mass is 10.2. The lowest BCUT2D eigenvalue weighted by Crippen LogP contribution is -2.48. The molecule has 33 heavy (non-hydrogen) atoms. The second kappa shape index (κ2) is 9.75. The predicted molar refractivity (Wildman–Crippen MR) is 131 cm³/mol. The van der Waals surface area contributed by atoms with Crippen LogP contribution < -0.4 is 10.3 Å². The van der Waals surface area contributed by atoms with Crippen LogP contribution in [0.3, 0.4) is 0 Å². The Bertz CT molecular complexity index is 1250. The number of hydrogen-bond acceptors (Lipinski definition) is 6. The first kappa shape index (κ1) is 23.6. The molecule has 0 spiro atoms. The molecule has 7 nitrogen and oxygen atoms in total. The maximum absolute atomic E-state index is 13.6. The molecule has 2 atom stereocenters. The molecule has 2 heterocycles. The molecule has 4 rings (SSSR count). The number of fused-ring (bicyclic) bond motifs is 1. The average Bonchev–Trinajstić information content (AvgIpc) is 2.78. The molecule has 0 radical (unpaired) electrons. The minimum atomic E-state index is -0.232. The molecule has 9 heteroatoms. The zero-order valence-corrected chi connectivity index (χ0v) is 20.6. The second-order valence-electron chi connectivity index (χ2n) is 8.17. The fourth-order valence-electron chi connectivity index (χ4n) is 4.01. The normalized spacial score (nSPS) is 18.5. The topological polar surface area (TPSA) is 73.7 Å². The zero-order valence-electron chi connectivity index (χ0n) is 19.0. The Morgan fingerprint density at radius 2 is 1.94 bits per heavy atom. The number of para-hydroxylation sites is 1. The van der Waals surface area contributed by atoms with Crippen molar-refractivity contribution in [3.8, 4) is 11.4 Å². The summed E-state index contributed by atoms with van der Waals surface area (Å²) in [6.45, 7) is 6.88. The van der Waals surface area contributed by atoms with Crippen molar-refractivity contribution < 1.29 is 14.3 Å². The Morgan fingerprint density at radius 3 is 2.64 bits per heavy atom. The Hall–Kier alpha value is -2.55.